The summed E-state index contributed by atoms with van der Waals surface area (Å²) in [5, 5.41) is 2.74. The molecule has 6 nitrogen and oxygen atoms in total. The molecule has 23 heavy (non-hydrogen) atoms. The second kappa shape index (κ2) is 8.19. The minimum absolute atomic E-state index is 0.0288. The van der Waals surface area contributed by atoms with Crippen LogP contribution in [0.25, 0.3) is 0 Å². The summed E-state index contributed by atoms with van der Waals surface area (Å²) in [7, 11) is -3.08. The van der Waals surface area contributed by atoms with Gasteiger partial charge in [-0.25, -0.2) is 8.42 Å². The van der Waals surface area contributed by atoms with Crippen molar-refractivity contribution >= 4 is 15.7 Å². The summed E-state index contributed by atoms with van der Waals surface area (Å²) in [4.78, 5) is 11.5. The normalized spacial score (nSPS) is 13.6. The summed E-state index contributed by atoms with van der Waals surface area (Å²) in [6.07, 6.45) is 3.84. The fourth-order valence-electron chi connectivity index (χ4n) is 2.29. The summed E-state index contributed by atoms with van der Waals surface area (Å²) in [5.74, 6) is 1.27. The first-order valence-electron chi connectivity index (χ1n) is 7.77. The number of aryl methyl sites for hydroxylation is 1. The van der Waals surface area contributed by atoms with Gasteiger partial charge in [0.15, 0.2) is 11.5 Å². The Bertz CT molecular complexity index is 642. The smallest absolute Gasteiger partial charge is 0.221 e. The molecule has 7 heteroatoms. The van der Waals surface area contributed by atoms with E-state index in [-0.39, 0.29) is 18.1 Å². The van der Waals surface area contributed by atoms with E-state index in [1.54, 1.807) is 0 Å². The Balaban J connectivity index is 1.63. The molecule has 1 amide bonds. The van der Waals surface area contributed by atoms with Gasteiger partial charge >= 0.3 is 0 Å². The van der Waals surface area contributed by atoms with Crippen molar-refractivity contribution in [2.24, 2.45) is 0 Å². The van der Waals surface area contributed by atoms with Gasteiger partial charge in [0, 0.05) is 19.2 Å². The zero-order valence-electron chi connectivity index (χ0n) is 13.3. The molecule has 2 rings (SSSR count). The van der Waals surface area contributed by atoms with Crippen LogP contribution in [0, 0.1) is 0 Å². The third kappa shape index (κ3) is 6.48. The van der Waals surface area contributed by atoms with Crippen molar-refractivity contribution in [3.8, 4) is 11.5 Å². The molecule has 0 aromatic heterocycles. The van der Waals surface area contributed by atoms with Crippen molar-refractivity contribution < 1.29 is 22.7 Å². The number of fused-ring (bicyclic) bond motifs is 1. The van der Waals surface area contributed by atoms with E-state index < -0.39 is 9.84 Å². The molecular weight excluding hydrogens is 318 g/mol. The van der Waals surface area contributed by atoms with Crippen molar-refractivity contribution in [1.29, 1.82) is 0 Å². The van der Waals surface area contributed by atoms with E-state index in [1.165, 1.54) is 5.56 Å². The van der Waals surface area contributed by atoms with Gasteiger partial charge in [-0.15, -0.1) is 0 Å². The lowest BCUT2D eigenvalue weighted by Gasteiger charge is -2.18. The first kappa shape index (κ1) is 17.6. The Hall–Kier alpha value is -1.76. The molecular formula is C16H23NO5S. The van der Waals surface area contributed by atoms with E-state index in [0.29, 0.717) is 19.8 Å². The molecule has 0 saturated heterocycles. The highest BCUT2D eigenvalue weighted by atomic mass is 32.2. The van der Waals surface area contributed by atoms with Gasteiger partial charge in [0.25, 0.3) is 0 Å². The second-order valence-electron chi connectivity index (χ2n) is 5.66. The van der Waals surface area contributed by atoms with Crippen molar-refractivity contribution in [1.82, 2.24) is 5.32 Å². The summed E-state index contributed by atoms with van der Waals surface area (Å²) in [6, 6.07) is 5.95. The number of carbonyl (C=O) groups excluding carboxylic acids is 1. The third-order valence-corrected chi connectivity index (χ3v) is 4.47. The number of nitrogens with one attached hydrogen (secondary N) is 1. The van der Waals surface area contributed by atoms with Crippen molar-refractivity contribution in [2.75, 3.05) is 31.8 Å². The van der Waals surface area contributed by atoms with Gasteiger partial charge in [0.05, 0.1) is 5.75 Å². The molecule has 1 heterocycles. The van der Waals surface area contributed by atoms with Crippen molar-refractivity contribution in [3.05, 3.63) is 23.8 Å². The van der Waals surface area contributed by atoms with Gasteiger partial charge in [-0.05, 0) is 37.0 Å². The van der Waals surface area contributed by atoms with Crippen molar-refractivity contribution in [3.63, 3.8) is 0 Å². The van der Waals surface area contributed by atoms with Crippen LogP contribution in [0.4, 0.5) is 0 Å². The molecule has 1 N–H and O–H groups in total. The lowest BCUT2D eigenvalue weighted by molar-refractivity contribution is -0.120. The molecule has 0 atom stereocenters. The van der Waals surface area contributed by atoms with Crippen LogP contribution in [0.2, 0.25) is 0 Å². The quantitative estimate of drug-likeness (QED) is 0.722. The zero-order valence-corrected chi connectivity index (χ0v) is 14.2. The molecule has 1 aliphatic rings. The number of rotatable bonds is 8. The Kier molecular flexibility index (Phi) is 6.27. The summed E-state index contributed by atoms with van der Waals surface area (Å²) in [5.41, 5.74) is 1.18. The molecule has 1 aliphatic heterocycles. The number of amides is 1. The minimum atomic E-state index is -3.08. The number of unbranched alkanes of at least 4 members (excludes halogenated alkanes) is 1. The third-order valence-electron chi connectivity index (χ3n) is 3.52. The van der Waals surface area contributed by atoms with Crippen LogP contribution in [0.3, 0.4) is 0 Å². The lowest BCUT2D eigenvalue weighted by atomic mass is 10.1. The predicted octanol–water partition coefficient (Wildman–Crippen LogP) is 1.33. The molecule has 0 saturated carbocycles. The molecule has 1 aromatic carbocycles. The summed E-state index contributed by atoms with van der Waals surface area (Å²) >= 11 is 0. The van der Waals surface area contributed by atoms with Crippen LogP contribution >= 0.6 is 0 Å². The van der Waals surface area contributed by atoms with Crippen LogP contribution in [-0.4, -0.2) is 46.1 Å². The number of hydrogen-bond donors (Lipinski definition) is 1. The second-order valence-corrected chi connectivity index (χ2v) is 7.92. The van der Waals surface area contributed by atoms with Crippen LogP contribution in [0.15, 0.2) is 18.2 Å². The predicted molar refractivity (Wildman–Crippen MR) is 87.7 cm³/mol. The van der Waals surface area contributed by atoms with Crippen LogP contribution in [-0.2, 0) is 21.1 Å². The van der Waals surface area contributed by atoms with Crippen molar-refractivity contribution in [2.45, 2.75) is 25.7 Å². The largest absolute Gasteiger partial charge is 0.486 e. The Labute approximate surface area is 137 Å². The number of carbonyl (C=O) groups is 1. The number of sulfone groups is 1. The maximum Gasteiger partial charge on any atom is 0.221 e. The van der Waals surface area contributed by atoms with Crippen LogP contribution in [0.5, 0.6) is 11.5 Å². The van der Waals surface area contributed by atoms with Gasteiger partial charge in [0.1, 0.15) is 23.1 Å². The van der Waals surface area contributed by atoms with E-state index in [1.807, 2.05) is 18.2 Å². The molecule has 128 valence electrons. The molecule has 0 fully saturated rings. The van der Waals surface area contributed by atoms with Gasteiger partial charge in [-0.1, -0.05) is 6.07 Å². The van der Waals surface area contributed by atoms with E-state index in [4.69, 9.17) is 9.47 Å². The van der Waals surface area contributed by atoms with Gasteiger partial charge in [0.2, 0.25) is 5.91 Å². The Morgan fingerprint density at radius 1 is 1.17 bits per heavy atom. The number of ether oxygens (including phenoxy) is 2. The lowest BCUT2D eigenvalue weighted by Crippen LogP contribution is -2.26. The molecule has 1 aromatic rings. The standard InChI is InChI=1S/C16H23NO5S/c1-23(19,20)11-7-16(18)17-8-3-2-4-13-5-6-14-15(12-13)22-10-9-21-14/h5-6,12H,2-4,7-11H2,1H3,(H,17,18). The zero-order chi connectivity index (χ0) is 16.7. The van der Waals surface area contributed by atoms with E-state index in [2.05, 4.69) is 5.32 Å². The topological polar surface area (TPSA) is 81.7 Å². The maximum atomic E-state index is 11.5. The van der Waals surface area contributed by atoms with Crippen LogP contribution < -0.4 is 14.8 Å². The fourth-order valence-corrected chi connectivity index (χ4v) is 2.85. The van der Waals surface area contributed by atoms with Gasteiger partial charge in [-0.3, -0.25) is 4.79 Å². The average Bonchev–Trinajstić information content (AvgIpc) is 2.52. The van der Waals surface area contributed by atoms with E-state index in [9.17, 15) is 13.2 Å². The summed E-state index contributed by atoms with van der Waals surface area (Å²) in [6.45, 7) is 1.73. The highest BCUT2D eigenvalue weighted by Crippen LogP contribution is 2.31. The first-order valence-corrected chi connectivity index (χ1v) is 9.83. The van der Waals surface area contributed by atoms with E-state index >= 15 is 0 Å². The minimum Gasteiger partial charge on any atom is -0.486 e. The number of hydrogen-bond acceptors (Lipinski definition) is 5. The van der Waals surface area contributed by atoms with Gasteiger partial charge in [-0.2, -0.15) is 0 Å². The van der Waals surface area contributed by atoms with E-state index in [0.717, 1.165) is 37.0 Å². The maximum absolute atomic E-state index is 11.5. The fraction of sp³-hybridized carbons (Fsp3) is 0.562. The molecule has 0 bridgehead atoms. The Morgan fingerprint density at radius 2 is 1.91 bits per heavy atom. The molecule has 0 spiro atoms. The first-order chi connectivity index (χ1) is 10.9. The molecule has 0 aliphatic carbocycles. The molecule has 0 unspecified atom stereocenters. The average molecular weight is 341 g/mol. The number of benzene rings is 1. The van der Waals surface area contributed by atoms with Gasteiger partial charge < -0.3 is 14.8 Å². The summed E-state index contributed by atoms with van der Waals surface area (Å²) < 4.78 is 33.0. The monoisotopic (exact) mass is 341 g/mol. The van der Waals surface area contributed by atoms with Crippen LogP contribution in [0.1, 0.15) is 24.8 Å². The Morgan fingerprint density at radius 3 is 2.65 bits per heavy atom. The molecule has 0 radical (unpaired) electrons. The SMILES string of the molecule is CS(=O)(=O)CCC(=O)NCCCCc1ccc2c(c1)OCCO2. The highest BCUT2D eigenvalue weighted by Gasteiger charge is 2.11. The highest BCUT2D eigenvalue weighted by molar-refractivity contribution is 7.90.